The Morgan fingerprint density at radius 2 is 2.30 bits per heavy atom. The normalized spacial score (nSPS) is 9.30. The molecule has 2 heteroatoms. The largest absolute Gasteiger partial charge is 0.0986 e. The molecular formula is C8H7ClS. The van der Waals surface area contributed by atoms with Gasteiger partial charge in [-0.3, -0.25) is 0 Å². The van der Waals surface area contributed by atoms with Crippen LogP contribution in [0.1, 0.15) is 0 Å². The second-order valence-corrected chi connectivity index (χ2v) is 3.22. The van der Waals surface area contributed by atoms with Crippen LogP contribution in [0.4, 0.5) is 0 Å². The Morgan fingerprint density at radius 1 is 1.50 bits per heavy atom. The van der Waals surface area contributed by atoms with Crippen molar-refractivity contribution in [1.82, 2.24) is 0 Å². The summed E-state index contributed by atoms with van der Waals surface area (Å²) in [6, 6.07) is 7.69. The smallest absolute Gasteiger partial charge is 0.0417 e. The maximum Gasteiger partial charge on any atom is 0.0417 e. The first kappa shape index (κ1) is 7.70. The molecule has 0 aromatic heterocycles. The molecule has 0 atom stereocenters. The lowest BCUT2D eigenvalue weighted by atomic mass is 10.4. The molecule has 0 aliphatic carbocycles. The lowest BCUT2D eigenvalue weighted by Crippen LogP contribution is -1.66. The van der Waals surface area contributed by atoms with Gasteiger partial charge in [0.05, 0.1) is 0 Å². The predicted octanol–water partition coefficient (Wildman–Crippen LogP) is 3.58. The minimum absolute atomic E-state index is 0.770. The summed E-state index contributed by atoms with van der Waals surface area (Å²) in [5, 5.41) is 2.55. The topological polar surface area (TPSA) is 0 Å². The van der Waals surface area contributed by atoms with E-state index >= 15 is 0 Å². The van der Waals surface area contributed by atoms with Crippen molar-refractivity contribution in [3.63, 3.8) is 0 Å². The maximum absolute atomic E-state index is 5.73. The van der Waals surface area contributed by atoms with Gasteiger partial charge in [-0.2, -0.15) is 0 Å². The Hall–Kier alpha value is -0.400. The molecule has 0 heterocycles. The first-order chi connectivity index (χ1) is 4.83. The number of benzene rings is 1. The molecule has 0 radical (unpaired) electrons. The van der Waals surface area contributed by atoms with Gasteiger partial charge in [-0.25, -0.2) is 0 Å². The first-order valence-electron chi connectivity index (χ1n) is 2.86. The van der Waals surface area contributed by atoms with E-state index in [0.717, 1.165) is 9.92 Å². The van der Waals surface area contributed by atoms with Crippen LogP contribution in [0.15, 0.2) is 41.1 Å². The van der Waals surface area contributed by atoms with Crippen LogP contribution in [0.5, 0.6) is 0 Å². The van der Waals surface area contributed by atoms with Gasteiger partial charge in [-0.15, -0.1) is 0 Å². The number of hydrogen-bond acceptors (Lipinski definition) is 1. The summed E-state index contributed by atoms with van der Waals surface area (Å²) in [4.78, 5) is 1.13. The van der Waals surface area contributed by atoms with Crippen molar-refractivity contribution in [3.05, 3.63) is 41.3 Å². The van der Waals surface area contributed by atoms with Gasteiger partial charge in [-0.1, -0.05) is 36.0 Å². The quantitative estimate of drug-likeness (QED) is 0.612. The summed E-state index contributed by atoms with van der Waals surface area (Å²) in [5.41, 5.74) is 0. The van der Waals surface area contributed by atoms with Crippen LogP contribution in [0.2, 0.25) is 5.02 Å². The minimum Gasteiger partial charge on any atom is -0.0986 e. The third-order valence-electron chi connectivity index (χ3n) is 1.02. The number of rotatable bonds is 2. The predicted molar refractivity (Wildman–Crippen MR) is 47.5 cm³/mol. The third-order valence-corrected chi connectivity index (χ3v) is 1.94. The van der Waals surface area contributed by atoms with Crippen molar-refractivity contribution in [2.45, 2.75) is 4.90 Å². The SMILES string of the molecule is C=CSc1cccc(Cl)c1. The van der Waals surface area contributed by atoms with Crippen LogP contribution in [0, 0.1) is 0 Å². The van der Waals surface area contributed by atoms with E-state index in [0.29, 0.717) is 0 Å². The summed E-state index contributed by atoms with van der Waals surface area (Å²) in [7, 11) is 0. The van der Waals surface area contributed by atoms with E-state index in [2.05, 4.69) is 6.58 Å². The zero-order valence-electron chi connectivity index (χ0n) is 5.38. The van der Waals surface area contributed by atoms with Crippen molar-refractivity contribution in [1.29, 1.82) is 0 Å². The Bertz CT molecular complexity index is 232. The van der Waals surface area contributed by atoms with Crippen LogP contribution in [-0.4, -0.2) is 0 Å². The van der Waals surface area contributed by atoms with E-state index in [4.69, 9.17) is 11.6 Å². The van der Waals surface area contributed by atoms with E-state index < -0.39 is 0 Å². The molecule has 52 valence electrons. The molecule has 0 aliphatic heterocycles. The fraction of sp³-hybridized carbons (Fsp3) is 0. The van der Waals surface area contributed by atoms with Crippen molar-refractivity contribution in [2.24, 2.45) is 0 Å². The highest BCUT2D eigenvalue weighted by Crippen LogP contribution is 2.21. The molecule has 0 amide bonds. The highest BCUT2D eigenvalue weighted by molar-refractivity contribution is 8.02. The Labute approximate surface area is 69.9 Å². The van der Waals surface area contributed by atoms with Gasteiger partial charge in [0, 0.05) is 9.92 Å². The number of thioether (sulfide) groups is 1. The average Bonchev–Trinajstić information content (AvgIpc) is 1.88. The molecule has 1 aromatic carbocycles. The van der Waals surface area contributed by atoms with Crippen molar-refractivity contribution >= 4 is 23.4 Å². The van der Waals surface area contributed by atoms with Gasteiger partial charge in [-0.05, 0) is 23.6 Å². The number of hydrogen-bond donors (Lipinski definition) is 0. The molecule has 0 saturated heterocycles. The van der Waals surface area contributed by atoms with Gasteiger partial charge < -0.3 is 0 Å². The van der Waals surface area contributed by atoms with Gasteiger partial charge >= 0.3 is 0 Å². The average molecular weight is 171 g/mol. The molecule has 1 rings (SSSR count). The zero-order valence-corrected chi connectivity index (χ0v) is 6.95. The second kappa shape index (κ2) is 3.69. The lowest BCUT2D eigenvalue weighted by molar-refractivity contribution is 1.47. The van der Waals surface area contributed by atoms with Crippen molar-refractivity contribution < 1.29 is 0 Å². The van der Waals surface area contributed by atoms with Gasteiger partial charge in [0.1, 0.15) is 0 Å². The fourth-order valence-electron chi connectivity index (χ4n) is 0.637. The van der Waals surface area contributed by atoms with E-state index in [9.17, 15) is 0 Å². The molecule has 0 aliphatic rings. The molecule has 0 saturated carbocycles. The highest BCUT2D eigenvalue weighted by atomic mass is 35.5. The monoisotopic (exact) mass is 170 g/mol. The van der Waals surface area contributed by atoms with E-state index in [1.807, 2.05) is 24.3 Å². The summed E-state index contributed by atoms with van der Waals surface area (Å²) in [6.07, 6.45) is 0. The van der Waals surface area contributed by atoms with Gasteiger partial charge in [0.25, 0.3) is 0 Å². The van der Waals surface area contributed by atoms with Crippen LogP contribution in [0.3, 0.4) is 0 Å². The molecule has 0 N–H and O–H groups in total. The Morgan fingerprint density at radius 3 is 2.90 bits per heavy atom. The van der Waals surface area contributed by atoms with Crippen molar-refractivity contribution in [2.75, 3.05) is 0 Å². The van der Waals surface area contributed by atoms with E-state index in [-0.39, 0.29) is 0 Å². The van der Waals surface area contributed by atoms with Gasteiger partial charge in [0.15, 0.2) is 0 Å². The summed E-state index contributed by atoms with van der Waals surface area (Å²) in [5.74, 6) is 0. The Balaban J connectivity index is 2.84. The van der Waals surface area contributed by atoms with Gasteiger partial charge in [0.2, 0.25) is 0 Å². The second-order valence-electron chi connectivity index (χ2n) is 1.74. The maximum atomic E-state index is 5.73. The van der Waals surface area contributed by atoms with Crippen LogP contribution >= 0.6 is 23.4 Å². The molecule has 0 unspecified atom stereocenters. The first-order valence-corrected chi connectivity index (χ1v) is 4.12. The molecular weight excluding hydrogens is 164 g/mol. The summed E-state index contributed by atoms with van der Waals surface area (Å²) in [6.45, 7) is 3.61. The molecule has 0 fully saturated rings. The van der Waals surface area contributed by atoms with Crippen LogP contribution in [-0.2, 0) is 0 Å². The summed E-state index contributed by atoms with van der Waals surface area (Å²) >= 11 is 7.30. The standard InChI is InChI=1S/C8H7ClS/c1-2-10-8-5-3-4-7(9)6-8/h2-6H,1H2. The molecule has 0 spiro atoms. The molecule has 1 aromatic rings. The zero-order chi connectivity index (χ0) is 7.40. The summed E-state index contributed by atoms with van der Waals surface area (Å²) < 4.78 is 0. The molecule has 0 bridgehead atoms. The third kappa shape index (κ3) is 2.09. The number of halogens is 1. The molecule has 0 nitrogen and oxygen atoms in total. The highest BCUT2D eigenvalue weighted by Gasteiger charge is 1.89. The minimum atomic E-state index is 0.770. The van der Waals surface area contributed by atoms with Crippen LogP contribution < -0.4 is 0 Å². The van der Waals surface area contributed by atoms with Crippen molar-refractivity contribution in [3.8, 4) is 0 Å². The fourth-order valence-corrected chi connectivity index (χ4v) is 1.44. The lowest BCUT2D eigenvalue weighted by Gasteiger charge is -1.94. The van der Waals surface area contributed by atoms with E-state index in [1.54, 1.807) is 17.2 Å². The molecule has 10 heavy (non-hydrogen) atoms. The van der Waals surface area contributed by atoms with Crippen LogP contribution in [0.25, 0.3) is 0 Å². The Kier molecular flexibility index (Phi) is 2.84. The van der Waals surface area contributed by atoms with E-state index in [1.165, 1.54) is 0 Å².